The van der Waals surface area contributed by atoms with Crippen LogP contribution >= 0.6 is 0 Å². The molecule has 0 aliphatic rings. The molecule has 0 bridgehead atoms. The Hall–Kier alpha value is -1.06. The summed E-state index contributed by atoms with van der Waals surface area (Å²) in [5.41, 5.74) is 0.0824. The smallest absolute Gasteiger partial charge is 0.305 e. The van der Waals surface area contributed by atoms with E-state index in [4.69, 9.17) is 9.47 Å². The number of hydrogen-bond donors (Lipinski definition) is 0. The summed E-state index contributed by atoms with van der Waals surface area (Å²) < 4.78 is 10.7. The molecule has 0 saturated heterocycles. The second kappa shape index (κ2) is 11.5. The number of ether oxygens (including phenoxy) is 2. The first kappa shape index (κ1) is 22.9. The van der Waals surface area contributed by atoms with Gasteiger partial charge in [-0.2, -0.15) is 0 Å². The van der Waals surface area contributed by atoms with Crippen molar-refractivity contribution in [1.29, 1.82) is 0 Å². The molecule has 0 radical (unpaired) electrons. The van der Waals surface area contributed by atoms with Gasteiger partial charge in [-0.25, -0.2) is 0 Å². The zero-order chi connectivity index (χ0) is 18.6. The highest BCUT2D eigenvalue weighted by molar-refractivity contribution is 5.70. The van der Waals surface area contributed by atoms with Crippen LogP contribution in [0.5, 0.6) is 0 Å². The van der Waals surface area contributed by atoms with E-state index in [1.54, 1.807) is 0 Å². The maximum absolute atomic E-state index is 11.7. The zero-order valence-corrected chi connectivity index (χ0v) is 16.7. The van der Waals surface area contributed by atoms with Crippen LogP contribution in [0.1, 0.15) is 92.9 Å². The second-order valence-corrected chi connectivity index (χ2v) is 8.36. The highest BCUT2D eigenvalue weighted by Crippen LogP contribution is 2.23. The minimum atomic E-state index is -0.170. The lowest BCUT2D eigenvalue weighted by molar-refractivity contribution is -0.149. The normalized spacial score (nSPS) is 12.1. The van der Waals surface area contributed by atoms with E-state index in [2.05, 4.69) is 41.5 Å². The number of carbonyl (C=O) groups excluding carboxylic acids is 2. The summed E-state index contributed by atoms with van der Waals surface area (Å²) in [6, 6.07) is 0. The van der Waals surface area contributed by atoms with Crippen molar-refractivity contribution in [3.8, 4) is 0 Å². The van der Waals surface area contributed by atoms with Gasteiger partial charge in [-0.15, -0.1) is 0 Å². The molecule has 0 spiro atoms. The first-order valence-electron chi connectivity index (χ1n) is 9.43. The summed E-state index contributed by atoms with van der Waals surface area (Å²) in [5.74, 6) is -0.340. The van der Waals surface area contributed by atoms with Gasteiger partial charge in [0.05, 0.1) is 13.2 Å². The molecule has 4 nitrogen and oxygen atoms in total. The van der Waals surface area contributed by atoms with Gasteiger partial charge >= 0.3 is 11.9 Å². The monoisotopic (exact) mass is 342 g/mol. The Bertz CT molecular complexity index is 336. The van der Waals surface area contributed by atoms with Crippen molar-refractivity contribution in [1.82, 2.24) is 0 Å². The second-order valence-electron chi connectivity index (χ2n) is 8.36. The highest BCUT2D eigenvalue weighted by Gasteiger charge is 2.20. The molecule has 142 valence electrons. The van der Waals surface area contributed by atoms with Gasteiger partial charge in [-0.1, -0.05) is 54.4 Å². The third kappa shape index (κ3) is 12.4. The summed E-state index contributed by atoms with van der Waals surface area (Å²) in [5, 5.41) is 0. The van der Waals surface area contributed by atoms with Crippen LogP contribution in [0.25, 0.3) is 0 Å². The molecule has 0 unspecified atom stereocenters. The number of unbranched alkanes of at least 4 members (excludes halogenated alkanes) is 1. The lowest BCUT2D eigenvalue weighted by Crippen LogP contribution is -2.22. The van der Waals surface area contributed by atoms with Crippen LogP contribution in [0.3, 0.4) is 0 Å². The van der Waals surface area contributed by atoms with Crippen molar-refractivity contribution in [3.63, 3.8) is 0 Å². The molecule has 0 atom stereocenters. The fraction of sp³-hybridized carbons (Fsp3) is 0.900. The van der Waals surface area contributed by atoms with Crippen LogP contribution in [0.2, 0.25) is 0 Å². The summed E-state index contributed by atoms with van der Waals surface area (Å²) in [6.07, 6.45) is 6.33. The minimum absolute atomic E-state index is 0.0412. The van der Waals surface area contributed by atoms with Gasteiger partial charge in [-0.05, 0) is 36.5 Å². The quantitative estimate of drug-likeness (QED) is 0.337. The molecule has 0 fully saturated rings. The van der Waals surface area contributed by atoms with Gasteiger partial charge in [0.15, 0.2) is 0 Å². The predicted octanol–water partition coefficient (Wildman–Crippen LogP) is 5.29. The molecule has 0 aromatic heterocycles. The average Bonchev–Trinajstić information content (AvgIpc) is 2.48. The van der Waals surface area contributed by atoms with Gasteiger partial charge in [0, 0.05) is 12.8 Å². The van der Waals surface area contributed by atoms with Crippen LogP contribution in [0.15, 0.2) is 0 Å². The predicted molar refractivity (Wildman–Crippen MR) is 97.8 cm³/mol. The number of hydrogen-bond acceptors (Lipinski definition) is 4. The van der Waals surface area contributed by atoms with Gasteiger partial charge in [0.2, 0.25) is 0 Å². The molecule has 0 aromatic rings. The van der Waals surface area contributed by atoms with E-state index in [1.165, 1.54) is 0 Å². The van der Waals surface area contributed by atoms with Crippen molar-refractivity contribution >= 4 is 11.9 Å². The van der Waals surface area contributed by atoms with Gasteiger partial charge < -0.3 is 9.47 Å². The summed E-state index contributed by atoms with van der Waals surface area (Å²) in [6.45, 7) is 13.6. The Morgan fingerprint density at radius 1 is 0.708 bits per heavy atom. The van der Waals surface area contributed by atoms with Crippen molar-refractivity contribution in [3.05, 3.63) is 0 Å². The summed E-state index contributed by atoms with van der Waals surface area (Å²) in [4.78, 5) is 23.5. The molecule has 0 saturated carbocycles. The molecule has 0 heterocycles. The Balaban J connectivity index is 3.78. The van der Waals surface area contributed by atoms with E-state index < -0.39 is 0 Å². The number of rotatable bonds is 13. The fourth-order valence-corrected chi connectivity index (χ4v) is 2.73. The van der Waals surface area contributed by atoms with Crippen molar-refractivity contribution in [2.45, 2.75) is 92.9 Å². The van der Waals surface area contributed by atoms with E-state index >= 15 is 0 Å². The maximum Gasteiger partial charge on any atom is 0.305 e. The van der Waals surface area contributed by atoms with E-state index in [9.17, 15) is 9.59 Å². The Morgan fingerprint density at radius 3 is 1.33 bits per heavy atom. The topological polar surface area (TPSA) is 52.6 Å². The van der Waals surface area contributed by atoms with Crippen LogP contribution in [0, 0.1) is 10.8 Å². The Labute approximate surface area is 148 Å². The lowest BCUT2D eigenvalue weighted by Gasteiger charge is -2.23. The van der Waals surface area contributed by atoms with Crippen LogP contribution in [0.4, 0.5) is 0 Å². The van der Waals surface area contributed by atoms with Crippen LogP contribution < -0.4 is 0 Å². The molecule has 24 heavy (non-hydrogen) atoms. The number of esters is 2. The summed E-state index contributed by atoms with van der Waals surface area (Å²) in [7, 11) is 0. The molecular formula is C20H38O4. The Kier molecular flexibility index (Phi) is 11.0. The van der Waals surface area contributed by atoms with Crippen LogP contribution in [-0.4, -0.2) is 25.2 Å². The van der Waals surface area contributed by atoms with E-state index in [1.807, 2.05) is 0 Å². The molecule has 0 aliphatic carbocycles. The molecular weight excluding hydrogens is 304 g/mol. The molecule has 4 heteroatoms. The first-order valence-corrected chi connectivity index (χ1v) is 9.43. The standard InChI is InChI=1S/C20H38O4/c1-7-13-19(3,4)15-23-17(21)11-9-10-12-18(22)24-16-20(5,6)14-8-2/h7-16H2,1-6H3. The van der Waals surface area contributed by atoms with Crippen molar-refractivity contribution in [2.75, 3.05) is 13.2 Å². The molecule has 0 rings (SSSR count). The van der Waals surface area contributed by atoms with Gasteiger partial charge in [0.1, 0.15) is 0 Å². The van der Waals surface area contributed by atoms with Gasteiger partial charge in [0.25, 0.3) is 0 Å². The molecule has 0 aliphatic heterocycles. The van der Waals surface area contributed by atoms with Crippen molar-refractivity contribution in [2.24, 2.45) is 10.8 Å². The third-order valence-electron chi connectivity index (χ3n) is 4.11. The third-order valence-corrected chi connectivity index (χ3v) is 4.11. The molecule has 0 aromatic carbocycles. The zero-order valence-electron chi connectivity index (χ0n) is 16.7. The fourth-order valence-electron chi connectivity index (χ4n) is 2.73. The SMILES string of the molecule is CCCC(C)(C)COC(=O)CCCCC(=O)OCC(C)(C)CCC. The lowest BCUT2D eigenvalue weighted by atomic mass is 9.89. The van der Waals surface area contributed by atoms with Crippen LogP contribution in [-0.2, 0) is 19.1 Å². The average molecular weight is 343 g/mol. The van der Waals surface area contributed by atoms with Gasteiger partial charge in [-0.3, -0.25) is 9.59 Å². The summed E-state index contributed by atoms with van der Waals surface area (Å²) >= 11 is 0. The maximum atomic E-state index is 11.7. The molecule has 0 N–H and O–H groups in total. The van der Waals surface area contributed by atoms with Crippen molar-refractivity contribution < 1.29 is 19.1 Å². The minimum Gasteiger partial charge on any atom is -0.465 e. The first-order chi connectivity index (χ1) is 11.1. The number of carbonyl (C=O) groups is 2. The molecule has 0 amide bonds. The van der Waals surface area contributed by atoms with E-state index in [-0.39, 0.29) is 22.8 Å². The van der Waals surface area contributed by atoms with E-state index in [0.717, 1.165) is 25.7 Å². The largest absolute Gasteiger partial charge is 0.465 e. The van der Waals surface area contributed by atoms with E-state index in [0.29, 0.717) is 38.9 Å². The highest BCUT2D eigenvalue weighted by atomic mass is 16.5. The Morgan fingerprint density at radius 2 is 1.04 bits per heavy atom.